The van der Waals surface area contributed by atoms with Gasteiger partial charge < -0.3 is 15.2 Å². The van der Waals surface area contributed by atoms with Gasteiger partial charge in [-0.2, -0.15) is 0 Å². The van der Waals surface area contributed by atoms with Gasteiger partial charge in [-0.05, 0) is 31.2 Å². The van der Waals surface area contributed by atoms with Crippen molar-refractivity contribution in [3.63, 3.8) is 0 Å². The van der Waals surface area contributed by atoms with Crippen LogP contribution in [0.2, 0.25) is 0 Å². The molecule has 0 radical (unpaired) electrons. The molecule has 0 bridgehead atoms. The van der Waals surface area contributed by atoms with Crippen LogP contribution in [-0.4, -0.2) is 31.1 Å². The van der Waals surface area contributed by atoms with Gasteiger partial charge in [0.1, 0.15) is 5.75 Å². The van der Waals surface area contributed by atoms with E-state index in [1.807, 2.05) is 5.32 Å². The Morgan fingerprint density at radius 3 is 2.64 bits per heavy atom. The molecule has 0 unspecified atom stereocenters. The minimum absolute atomic E-state index is 0.576. The number of ether oxygens (including phenoxy) is 2. The molecule has 0 heterocycles. The van der Waals surface area contributed by atoms with Gasteiger partial charge in [0, 0.05) is 16.1 Å². The topological polar surface area (TPSA) is 108 Å². The number of carbonyl (C=O) groups excluding carboxylic acids is 3. The number of hydrogen-bond acceptors (Lipinski definition) is 5. The summed E-state index contributed by atoms with van der Waals surface area (Å²) in [6.45, 7) is 1.32. The third-order valence-corrected chi connectivity index (χ3v) is 2.99. The highest BCUT2D eigenvalue weighted by atomic mass is 79.9. The van der Waals surface area contributed by atoms with E-state index in [-0.39, 0.29) is 0 Å². The zero-order valence-electron chi connectivity index (χ0n) is 12.0. The number of nitrogens with two attached hydrogens (primary N) is 1. The number of nitrogens with one attached hydrogen (secondary N) is 1. The SMILES string of the molecule is COc1ccc(Br)cc1/C=C/C(=O)O[C@H](C)C(=O)NC(N)=O. The summed E-state index contributed by atoms with van der Waals surface area (Å²) >= 11 is 3.31. The molecular formula is C14H15BrN2O5. The highest BCUT2D eigenvalue weighted by Gasteiger charge is 2.17. The van der Waals surface area contributed by atoms with Gasteiger partial charge in [0.15, 0.2) is 6.10 Å². The predicted molar refractivity (Wildman–Crippen MR) is 83.0 cm³/mol. The van der Waals surface area contributed by atoms with Crippen molar-refractivity contribution >= 4 is 39.9 Å². The van der Waals surface area contributed by atoms with Crippen molar-refractivity contribution in [2.24, 2.45) is 5.73 Å². The van der Waals surface area contributed by atoms with Gasteiger partial charge in [-0.25, -0.2) is 9.59 Å². The van der Waals surface area contributed by atoms with E-state index >= 15 is 0 Å². The van der Waals surface area contributed by atoms with E-state index in [1.54, 1.807) is 18.2 Å². The van der Waals surface area contributed by atoms with E-state index in [1.165, 1.54) is 20.1 Å². The number of halogens is 1. The lowest BCUT2D eigenvalue weighted by molar-refractivity contribution is -0.149. The largest absolute Gasteiger partial charge is 0.496 e. The number of benzene rings is 1. The van der Waals surface area contributed by atoms with Crippen LogP contribution < -0.4 is 15.8 Å². The van der Waals surface area contributed by atoms with Gasteiger partial charge in [-0.3, -0.25) is 10.1 Å². The van der Waals surface area contributed by atoms with E-state index in [0.717, 1.165) is 10.5 Å². The van der Waals surface area contributed by atoms with Crippen molar-refractivity contribution in [1.82, 2.24) is 5.32 Å². The minimum atomic E-state index is -1.14. The average molecular weight is 371 g/mol. The first kappa shape index (κ1) is 17.7. The maximum atomic E-state index is 11.6. The van der Waals surface area contributed by atoms with Crippen molar-refractivity contribution in [2.45, 2.75) is 13.0 Å². The first-order valence-electron chi connectivity index (χ1n) is 6.16. The van der Waals surface area contributed by atoms with Crippen LogP contribution in [0, 0.1) is 0 Å². The second-order valence-electron chi connectivity index (χ2n) is 4.15. The van der Waals surface area contributed by atoms with Gasteiger partial charge in [0.25, 0.3) is 5.91 Å². The highest BCUT2D eigenvalue weighted by molar-refractivity contribution is 9.10. The van der Waals surface area contributed by atoms with Crippen molar-refractivity contribution in [2.75, 3.05) is 7.11 Å². The fraction of sp³-hybridized carbons (Fsp3) is 0.214. The predicted octanol–water partition coefficient (Wildman–Crippen LogP) is 1.60. The Balaban J connectivity index is 2.70. The van der Waals surface area contributed by atoms with Crippen LogP contribution in [0.1, 0.15) is 12.5 Å². The molecule has 7 nitrogen and oxygen atoms in total. The summed E-state index contributed by atoms with van der Waals surface area (Å²) in [6.07, 6.45) is 1.50. The number of rotatable bonds is 5. The lowest BCUT2D eigenvalue weighted by Gasteiger charge is -2.10. The number of carbonyl (C=O) groups is 3. The summed E-state index contributed by atoms with van der Waals surface area (Å²) < 4.78 is 10.8. The molecule has 1 aromatic rings. The third-order valence-electron chi connectivity index (χ3n) is 2.50. The van der Waals surface area contributed by atoms with Crippen LogP contribution in [0.25, 0.3) is 6.08 Å². The number of primary amides is 1. The van der Waals surface area contributed by atoms with Gasteiger partial charge in [-0.1, -0.05) is 15.9 Å². The Kier molecular flexibility index (Phi) is 6.58. The van der Waals surface area contributed by atoms with Gasteiger partial charge >= 0.3 is 12.0 Å². The minimum Gasteiger partial charge on any atom is -0.496 e. The van der Waals surface area contributed by atoms with Gasteiger partial charge in [-0.15, -0.1) is 0 Å². The van der Waals surface area contributed by atoms with Crippen LogP contribution in [0.4, 0.5) is 4.79 Å². The van der Waals surface area contributed by atoms with Crippen LogP contribution in [0.15, 0.2) is 28.7 Å². The molecule has 1 atom stereocenters. The van der Waals surface area contributed by atoms with E-state index in [9.17, 15) is 14.4 Å². The molecule has 0 aliphatic carbocycles. The fourth-order valence-electron chi connectivity index (χ4n) is 1.48. The molecule has 0 aliphatic rings. The number of urea groups is 1. The number of hydrogen-bond donors (Lipinski definition) is 2. The molecule has 0 aliphatic heterocycles. The van der Waals surface area contributed by atoms with E-state index in [4.69, 9.17) is 15.2 Å². The Labute approximate surface area is 135 Å². The Hall–Kier alpha value is -2.35. The third kappa shape index (κ3) is 5.57. The molecule has 0 fully saturated rings. The first-order valence-corrected chi connectivity index (χ1v) is 6.95. The van der Waals surface area contributed by atoms with Crippen LogP contribution in [-0.2, 0) is 14.3 Å². The number of imide groups is 1. The maximum Gasteiger partial charge on any atom is 0.331 e. The van der Waals surface area contributed by atoms with Crippen molar-refractivity contribution in [3.8, 4) is 5.75 Å². The average Bonchev–Trinajstić information content (AvgIpc) is 2.44. The fourth-order valence-corrected chi connectivity index (χ4v) is 1.86. The Bertz CT molecular complexity index is 615. The second-order valence-corrected chi connectivity index (χ2v) is 5.07. The normalized spacial score (nSPS) is 11.8. The van der Waals surface area contributed by atoms with Crippen molar-refractivity contribution < 1.29 is 23.9 Å². The molecule has 0 saturated carbocycles. The molecule has 22 heavy (non-hydrogen) atoms. The van der Waals surface area contributed by atoms with Crippen molar-refractivity contribution in [3.05, 3.63) is 34.3 Å². The van der Waals surface area contributed by atoms with Crippen molar-refractivity contribution in [1.29, 1.82) is 0 Å². The number of methoxy groups -OCH3 is 1. The zero-order valence-corrected chi connectivity index (χ0v) is 13.5. The summed E-state index contributed by atoms with van der Waals surface area (Å²) in [5, 5.41) is 1.82. The van der Waals surface area contributed by atoms with Gasteiger partial charge in [0.05, 0.1) is 7.11 Å². The van der Waals surface area contributed by atoms with Crippen LogP contribution >= 0.6 is 15.9 Å². The summed E-state index contributed by atoms with van der Waals surface area (Å²) in [6, 6.07) is 4.27. The smallest absolute Gasteiger partial charge is 0.331 e. The molecule has 1 rings (SSSR count). The Morgan fingerprint density at radius 1 is 1.36 bits per heavy atom. The molecule has 3 amide bonds. The highest BCUT2D eigenvalue weighted by Crippen LogP contribution is 2.24. The molecule has 0 saturated heterocycles. The summed E-state index contributed by atoms with van der Waals surface area (Å²) in [5.74, 6) is -0.963. The van der Waals surface area contributed by atoms with E-state index in [2.05, 4.69) is 15.9 Å². The summed E-state index contributed by atoms with van der Waals surface area (Å²) in [4.78, 5) is 33.5. The van der Waals surface area contributed by atoms with Crippen LogP contribution in [0.3, 0.4) is 0 Å². The zero-order chi connectivity index (χ0) is 16.7. The van der Waals surface area contributed by atoms with Crippen LogP contribution in [0.5, 0.6) is 5.75 Å². The molecule has 0 spiro atoms. The molecule has 1 aromatic carbocycles. The molecule has 0 aromatic heterocycles. The Morgan fingerprint density at radius 2 is 2.05 bits per heavy atom. The molecule has 3 N–H and O–H groups in total. The monoisotopic (exact) mass is 370 g/mol. The summed E-state index contributed by atoms with van der Waals surface area (Å²) in [7, 11) is 1.51. The van der Waals surface area contributed by atoms with E-state index < -0.39 is 24.0 Å². The molecule has 8 heteroatoms. The lowest BCUT2D eigenvalue weighted by atomic mass is 10.2. The second kappa shape index (κ2) is 8.18. The number of amides is 3. The summed E-state index contributed by atoms with van der Waals surface area (Å²) in [5.41, 5.74) is 5.45. The molecule has 118 valence electrons. The lowest BCUT2D eigenvalue weighted by Crippen LogP contribution is -2.42. The van der Waals surface area contributed by atoms with Gasteiger partial charge in [0.2, 0.25) is 0 Å². The first-order chi connectivity index (χ1) is 10.3. The molecular weight excluding hydrogens is 356 g/mol. The maximum absolute atomic E-state index is 11.6. The van der Waals surface area contributed by atoms with E-state index in [0.29, 0.717) is 11.3 Å². The number of esters is 1. The quantitative estimate of drug-likeness (QED) is 0.604. The standard InChI is InChI=1S/C14H15BrN2O5/c1-8(13(19)17-14(16)20)22-12(18)6-3-9-7-10(15)4-5-11(9)21-2/h3-8H,1-2H3,(H3,16,17,19,20)/b6-3+/t8-/m1/s1.